The largest absolute Gasteiger partial charge is 0.336 e. The predicted octanol–water partition coefficient (Wildman–Crippen LogP) is -0.478. The van der Waals surface area contributed by atoms with Crippen molar-refractivity contribution in [1.82, 2.24) is 30.4 Å². The second-order valence-electron chi connectivity index (χ2n) is 5.19. The van der Waals surface area contributed by atoms with Crippen LogP contribution in [0.5, 0.6) is 0 Å². The van der Waals surface area contributed by atoms with Crippen LogP contribution in [0, 0.1) is 0 Å². The summed E-state index contributed by atoms with van der Waals surface area (Å²) in [5.41, 5.74) is -0.253. The van der Waals surface area contributed by atoms with Crippen LogP contribution in [0.25, 0.3) is 0 Å². The molecule has 0 aromatic carbocycles. The molecule has 8 heteroatoms. The van der Waals surface area contributed by atoms with Gasteiger partial charge in [0.15, 0.2) is 5.82 Å². The van der Waals surface area contributed by atoms with Crippen molar-refractivity contribution in [2.75, 3.05) is 13.1 Å². The number of tetrazole rings is 1. The van der Waals surface area contributed by atoms with Gasteiger partial charge in [0, 0.05) is 18.5 Å². The number of nitrogens with one attached hydrogen (secondary N) is 1. The van der Waals surface area contributed by atoms with E-state index in [1.807, 2.05) is 20.8 Å². The Hall–Kier alpha value is -1.99. The van der Waals surface area contributed by atoms with E-state index >= 15 is 0 Å². The minimum atomic E-state index is -0.356. The van der Waals surface area contributed by atoms with Gasteiger partial charge in [0.2, 0.25) is 0 Å². The fourth-order valence-electron chi connectivity index (χ4n) is 1.77. The Morgan fingerprint density at radius 3 is 2.72 bits per heavy atom. The van der Waals surface area contributed by atoms with E-state index in [9.17, 15) is 9.59 Å². The molecule has 2 heterocycles. The number of amides is 3. The highest BCUT2D eigenvalue weighted by molar-refractivity contribution is 5.95. The molecule has 1 aliphatic heterocycles. The Labute approximate surface area is 104 Å². The fourth-order valence-corrected chi connectivity index (χ4v) is 1.77. The Kier molecular flexibility index (Phi) is 3.02. The molecule has 0 spiro atoms. The number of carbonyl (C=O) groups excluding carboxylic acids is 2. The highest BCUT2D eigenvalue weighted by Crippen LogP contribution is 2.18. The van der Waals surface area contributed by atoms with E-state index in [2.05, 4.69) is 20.8 Å². The normalized spacial score (nSPS) is 15.9. The van der Waals surface area contributed by atoms with Crippen molar-refractivity contribution in [3.63, 3.8) is 0 Å². The average molecular weight is 252 g/mol. The van der Waals surface area contributed by atoms with Crippen LogP contribution >= 0.6 is 0 Å². The van der Waals surface area contributed by atoms with E-state index in [0.717, 1.165) is 0 Å². The van der Waals surface area contributed by atoms with E-state index in [-0.39, 0.29) is 23.9 Å². The van der Waals surface area contributed by atoms with Gasteiger partial charge >= 0.3 is 6.03 Å². The maximum atomic E-state index is 12.0. The molecular formula is C10H16N6O2. The van der Waals surface area contributed by atoms with Gasteiger partial charge in [0.1, 0.15) is 6.54 Å². The topological polar surface area (TPSA) is 93.0 Å². The molecule has 0 radical (unpaired) electrons. The Bertz CT molecular complexity index is 475. The molecule has 0 aliphatic carbocycles. The molecule has 0 bridgehead atoms. The summed E-state index contributed by atoms with van der Waals surface area (Å²) < 4.78 is 1.44. The van der Waals surface area contributed by atoms with Gasteiger partial charge in [0.25, 0.3) is 5.91 Å². The highest BCUT2D eigenvalue weighted by atomic mass is 16.2. The maximum Gasteiger partial charge on any atom is 0.324 e. The number of urea groups is 1. The average Bonchev–Trinajstić information content (AvgIpc) is 2.85. The number of rotatable bonds is 2. The highest BCUT2D eigenvalue weighted by Gasteiger charge is 2.29. The van der Waals surface area contributed by atoms with Gasteiger partial charge in [-0.25, -0.2) is 9.48 Å². The monoisotopic (exact) mass is 252 g/mol. The number of imide groups is 1. The van der Waals surface area contributed by atoms with E-state index in [1.165, 1.54) is 9.58 Å². The Morgan fingerprint density at radius 1 is 1.44 bits per heavy atom. The van der Waals surface area contributed by atoms with Crippen molar-refractivity contribution in [2.24, 2.45) is 0 Å². The summed E-state index contributed by atoms with van der Waals surface area (Å²) in [6.45, 7) is 6.75. The summed E-state index contributed by atoms with van der Waals surface area (Å²) in [6.07, 6.45) is 0. The van der Waals surface area contributed by atoms with Crippen molar-refractivity contribution in [3.8, 4) is 0 Å². The quantitative estimate of drug-likeness (QED) is 0.767. The van der Waals surface area contributed by atoms with Crippen molar-refractivity contribution in [1.29, 1.82) is 0 Å². The molecule has 1 saturated heterocycles. The van der Waals surface area contributed by atoms with Crippen LogP contribution in [0.2, 0.25) is 0 Å². The van der Waals surface area contributed by atoms with Gasteiger partial charge in [-0.2, -0.15) is 0 Å². The molecule has 1 fully saturated rings. The maximum absolute atomic E-state index is 12.0. The number of hydrogen-bond donors (Lipinski definition) is 1. The predicted molar refractivity (Wildman–Crippen MR) is 61.6 cm³/mol. The van der Waals surface area contributed by atoms with Crippen molar-refractivity contribution in [2.45, 2.75) is 32.7 Å². The molecule has 3 amide bonds. The minimum absolute atomic E-state index is 0.0208. The standard InChI is InChI=1S/C10H16N6O2/c1-10(2,3)8-12-13-14-16(8)6-7(17)15-5-4-11-9(15)18/h4-6H2,1-3H3,(H,11,18). The Morgan fingerprint density at radius 2 is 2.17 bits per heavy atom. The third-order valence-electron chi connectivity index (χ3n) is 2.65. The molecule has 1 aromatic heterocycles. The second kappa shape index (κ2) is 4.35. The van der Waals surface area contributed by atoms with Gasteiger partial charge in [-0.15, -0.1) is 5.10 Å². The smallest absolute Gasteiger partial charge is 0.324 e. The van der Waals surface area contributed by atoms with Crippen LogP contribution in [-0.4, -0.2) is 50.1 Å². The van der Waals surface area contributed by atoms with Crippen LogP contribution in [0.1, 0.15) is 26.6 Å². The summed E-state index contributed by atoms with van der Waals surface area (Å²) in [4.78, 5) is 24.5. The van der Waals surface area contributed by atoms with E-state index < -0.39 is 0 Å². The summed E-state index contributed by atoms with van der Waals surface area (Å²) in [5, 5.41) is 13.9. The van der Waals surface area contributed by atoms with Crippen molar-refractivity contribution < 1.29 is 9.59 Å². The number of nitrogens with zero attached hydrogens (tertiary/aromatic N) is 5. The van der Waals surface area contributed by atoms with Crippen LogP contribution in [0.15, 0.2) is 0 Å². The first-order valence-electron chi connectivity index (χ1n) is 5.74. The molecular weight excluding hydrogens is 236 g/mol. The van der Waals surface area contributed by atoms with Gasteiger partial charge in [-0.3, -0.25) is 9.69 Å². The number of carbonyl (C=O) groups is 2. The zero-order chi connectivity index (χ0) is 13.3. The lowest BCUT2D eigenvalue weighted by Crippen LogP contribution is -2.37. The lowest BCUT2D eigenvalue weighted by molar-refractivity contribution is -0.128. The third kappa shape index (κ3) is 2.31. The first-order valence-corrected chi connectivity index (χ1v) is 5.74. The lowest BCUT2D eigenvalue weighted by atomic mass is 9.96. The molecule has 1 aromatic rings. The van der Waals surface area contributed by atoms with Crippen LogP contribution in [0.3, 0.4) is 0 Å². The summed E-state index contributed by atoms with van der Waals surface area (Å²) >= 11 is 0. The van der Waals surface area contributed by atoms with Crippen LogP contribution in [0.4, 0.5) is 4.79 Å². The lowest BCUT2D eigenvalue weighted by Gasteiger charge is -2.18. The van der Waals surface area contributed by atoms with E-state index in [1.54, 1.807) is 0 Å². The molecule has 1 N–H and O–H groups in total. The second-order valence-corrected chi connectivity index (χ2v) is 5.19. The molecule has 0 atom stereocenters. The Balaban J connectivity index is 2.13. The summed E-state index contributed by atoms with van der Waals surface area (Å²) in [5.74, 6) is 0.318. The zero-order valence-corrected chi connectivity index (χ0v) is 10.7. The van der Waals surface area contributed by atoms with Gasteiger partial charge in [-0.05, 0) is 10.4 Å². The molecule has 2 rings (SSSR count). The zero-order valence-electron chi connectivity index (χ0n) is 10.7. The SMILES string of the molecule is CC(C)(C)c1nnnn1CC(=O)N1CCNC1=O. The summed E-state index contributed by atoms with van der Waals surface area (Å²) in [7, 11) is 0. The van der Waals surface area contributed by atoms with Gasteiger partial charge in [0.05, 0.1) is 0 Å². The van der Waals surface area contributed by atoms with E-state index in [4.69, 9.17) is 0 Å². The molecule has 0 unspecified atom stereocenters. The van der Waals surface area contributed by atoms with Crippen molar-refractivity contribution >= 4 is 11.9 Å². The molecule has 1 aliphatic rings. The first-order chi connectivity index (χ1) is 8.39. The fraction of sp³-hybridized carbons (Fsp3) is 0.700. The van der Waals surface area contributed by atoms with E-state index in [0.29, 0.717) is 18.9 Å². The van der Waals surface area contributed by atoms with Crippen LogP contribution < -0.4 is 5.32 Å². The molecule has 0 saturated carbocycles. The van der Waals surface area contributed by atoms with Gasteiger partial charge in [-0.1, -0.05) is 20.8 Å². The first kappa shape index (κ1) is 12.5. The minimum Gasteiger partial charge on any atom is -0.336 e. The van der Waals surface area contributed by atoms with Gasteiger partial charge < -0.3 is 5.32 Å². The number of aromatic nitrogens is 4. The molecule has 18 heavy (non-hydrogen) atoms. The van der Waals surface area contributed by atoms with Crippen LogP contribution in [-0.2, 0) is 16.8 Å². The number of hydrogen-bond acceptors (Lipinski definition) is 5. The van der Waals surface area contributed by atoms with Crippen molar-refractivity contribution in [3.05, 3.63) is 5.82 Å². The molecule has 98 valence electrons. The summed E-state index contributed by atoms with van der Waals surface area (Å²) in [6, 6.07) is -0.356. The molecule has 8 nitrogen and oxygen atoms in total. The third-order valence-corrected chi connectivity index (χ3v) is 2.65.